The van der Waals surface area contributed by atoms with Gasteiger partial charge in [-0.25, -0.2) is 9.59 Å². The molecule has 0 bridgehead atoms. The molecule has 6 heteroatoms. The van der Waals surface area contributed by atoms with Gasteiger partial charge in [0, 0.05) is 25.7 Å². The third kappa shape index (κ3) is 3.67. The molecule has 1 saturated heterocycles. The van der Waals surface area contributed by atoms with Gasteiger partial charge in [0.15, 0.2) is 0 Å². The Morgan fingerprint density at radius 2 is 1.76 bits per heavy atom. The van der Waals surface area contributed by atoms with Crippen LogP contribution in [0.15, 0.2) is 0 Å². The minimum absolute atomic E-state index is 0.167. The Kier molecular flexibility index (Phi) is 6.01. The summed E-state index contributed by atoms with van der Waals surface area (Å²) in [7, 11) is 0. The Labute approximate surface area is 127 Å². The zero-order valence-electron chi connectivity index (χ0n) is 13.9. The number of likely N-dealkylation sites (N-methyl/N-ethyl adjacent to an activating group) is 2. The molecule has 0 aliphatic carbocycles. The van der Waals surface area contributed by atoms with E-state index in [0.29, 0.717) is 25.7 Å². The molecule has 1 atom stereocenters. The summed E-state index contributed by atoms with van der Waals surface area (Å²) in [5, 5.41) is 9.33. The second-order valence-corrected chi connectivity index (χ2v) is 6.00. The van der Waals surface area contributed by atoms with Gasteiger partial charge >= 0.3 is 12.0 Å². The van der Waals surface area contributed by atoms with Crippen molar-refractivity contribution in [1.82, 2.24) is 14.7 Å². The van der Waals surface area contributed by atoms with Crippen LogP contribution < -0.4 is 0 Å². The lowest BCUT2D eigenvalue weighted by molar-refractivity contribution is -0.147. The molecule has 0 aromatic heterocycles. The number of carbonyl (C=O) groups is 2. The van der Waals surface area contributed by atoms with Crippen LogP contribution in [-0.2, 0) is 4.79 Å². The molecule has 1 aliphatic rings. The summed E-state index contributed by atoms with van der Waals surface area (Å²) < 4.78 is 0. The number of carboxylic acids is 1. The van der Waals surface area contributed by atoms with E-state index in [1.54, 1.807) is 18.7 Å². The number of aliphatic carboxylic acids is 1. The van der Waals surface area contributed by atoms with Crippen LogP contribution in [0, 0.1) is 0 Å². The summed E-state index contributed by atoms with van der Waals surface area (Å²) >= 11 is 0. The predicted molar refractivity (Wildman–Crippen MR) is 82.4 cm³/mol. The average molecular weight is 299 g/mol. The SMILES string of the molecule is CCN(CC)C1CCN(C(=O)N(CC)C(C)(C)C(=O)O)C1. The summed E-state index contributed by atoms with van der Waals surface area (Å²) in [6.45, 7) is 13.0. The van der Waals surface area contributed by atoms with Crippen LogP contribution in [-0.4, -0.2) is 76.1 Å². The number of nitrogens with zero attached hydrogens (tertiary/aromatic N) is 3. The lowest BCUT2D eigenvalue weighted by Crippen LogP contribution is -2.56. The third-order valence-electron chi connectivity index (χ3n) is 4.51. The zero-order valence-corrected chi connectivity index (χ0v) is 13.9. The van der Waals surface area contributed by atoms with Crippen LogP contribution in [0.5, 0.6) is 0 Å². The summed E-state index contributed by atoms with van der Waals surface area (Å²) in [6.07, 6.45) is 0.957. The van der Waals surface area contributed by atoms with Crippen molar-refractivity contribution >= 4 is 12.0 Å². The molecule has 1 heterocycles. The van der Waals surface area contributed by atoms with Crippen LogP contribution >= 0.6 is 0 Å². The van der Waals surface area contributed by atoms with Crippen LogP contribution in [0.25, 0.3) is 0 Å². The summed E-state index contributed by atoms with van der Waals surface area (Å²) in [5.41, 5.74) is -1.18. The van der Waals surface area contributed by atoms with E-state index in [-0.39, 0.29) is 6.03 Å². The van der Waals surface area contributed by atoms with Gasteiger partial charge in [-0.05, 0) is 40.3 Å². The highest BCUT2D eigenvalue weighted by atomic mass is 16.4. The highest BCUT2D eigenvalue weighted by molar-refractivity contribution is 5.85. The van der Waals surface area contributed by atoms with Crippen molar-refractivity contribution in [3.63, 3.8) is 0 Å². The smallest absolute Gasteiger partial charge is 0.329 e. The molecule has 1 unspecified atom stereocenters. The predicted octanol–water partition coefficient (Wildman–Crippen LogP) is 1.71. The topological polar surface area (TPSA) is 64.1 Å². The van der Waals surface area contributed by atoms with Gasteiger partial charge in [-0.15, -0.1) is 0 Å². The number of carboxylic acid groups (broad SMARTS) is 1. The van der Waals surface area contributed by atoms with E-state index in [2.05, 4.69) is 18.7 Å². The van der Waals surface area contributed by atoms with Crippen LogP contribution in [0.4, 0.5) is 4.79 Å². The van der Waals surface area contributed by atoms with Crippen molar-refractivity contribution in [2.24, 2.45) is 0 Å². The fraction of sp³-hybridized carbons (Fsp3) is 0.867. The van der Waals surface area contributed by atoms with E-state index in [1.807, 2.05) is 6.92 Å². The molecule has 6 nitrogen and oxygen atoms in total. The molecule has 0 radical (unpaired) electrons. The number of urea groups is 1. The lowest BCUT2D eigenvalue weighted by atomic mass is 10.0. The highest BCUT2D eigenvalue weighted by Gasteiger charge is 2.40. The van der Waals surface area contributed by atoms with Gasteiger partial charge in [0.2, 0.25) is 0 Å². The molecular formula is C15H29N3O3. The molecule has 1 N–H and O–H groups in total. The fourth-order valence-corrected chi connectivity index (χ4v) is 3.01. The Balaban J connectivity index is 2.78. The lowest BCUT2D eigenvalue weighted by Gasteiger charge is -2.37. The molecule has 0 aromatic carbocycles. The first-order valence-electron chi connectivity index (χ1n) is 7.83. The first kappa shape index (κ1) is 17.8. The van der Waals surface area contributed by atoms with Crippen molar-refractivity contribution in [2.75, 3.05) is 32.7 Å². The van der Waals surface area contributed by atoms with E-state index in [1.165, 1.54) is 4.90 Å². The number of hydrogen-bond donors (Lipinski definition) is 1. The van der Waals surface area contributed by atoms with Gasteiger partial charge < -0.3 is 14.9 Å². The van der Waals surface area contributed by atoms with Gasteiger partial charge in [-0.1, -0.05) is 13.8 Å². The molecule has 0 aromatic rings. The maximum absolute atomic E-state index is 12.6. The second-order valence-electron chi connectivity index (χ2n) is 6.00. The molecule has 0 saturated carbocycles. The summed E-state index contributed by atoms with van der Waals surface area (Å²) in [6, 6.07) is 0.218. The molecule has 1 aliphatic heterocycles. The zero-order chi connectivity index (χ0) is 16.2. The number of likely N-dealkylation sites (tertiary alicyclic amines) is 1. The van der Waals surface area contributed by atoms with Crippen molar-refractivity contribution in [1.29, 1.82) is 0 Å². The van der Waals surface area contributed by atoms with Crippen LogP contribution in [0.1, 0.15) is 41.0 Å². The molecule has 2 amide bonds. The Bertz CT molecular complexity index is 380. The van der Waals surface area contributed by atoms with Gasteiger partial charge in [0.05, 0.1) is 0 Å². The van der Waals surface area contributed by atoms with Gasteiger partial charge in [-0.3, -0.25) is 4.90 Å². The molecular weight excluding hydrogens is 270 g/mol. The molecule has 1 rings (SSSR count). The van der Waals surface area contributed by atoms with Crippen molar-refractivity contribution in [3.05, 3.63) is 0 Å². The molecule has 122 valence electrons. The first-order valence-corrected chi connectivity index (χ1v) is 7.83. The maximum atomic E-state index is 12.6. The molecule has 0 spiro atoms. The second kappa shape index (κ2) is 7.11. The fourth-order valence-electron chi connectivity index (χ4n) is 3.01. The van der Waals surface area contributed by atoms with E-state index >= 15 is 0 Å². The minimum Gasteiger partial charge on any atom is -0.480 e. The Hall–Kier alpha value is -1.30. The quantitative estimate of drug-likeness (QED) is 0.811. The molecule has 21 heavy (non-hydrogen) atoms. The minimum atomic E-state index is -1.18. The largest absolute Gasteiger partial charge is 0.480 e. The number of hydrogen-bond acceptors (Lipinski definition) is 3. The number of rotatable bonds is 6. The van der Waals surface area contributed by atoms with Crippen molar-refractivity contribution < 1.29 is 14.7 Å². The average Bonchev–Trinajstić information content (AvgIpc) is 2.90. The normalized spacial score (nSPS) is 19.1. The van der Waals surface area contributed by atoms with Crippen LogP contribution in [0.2, 0.25) is 0 Å². The highest BCUT2D eigenvalue weighted by Crippen LogP contribution is 2.21. The Morgan fingerprint density at radius 3 is 2.19 bits per heavy atom. The monoisotopic (exact) mass is 299 g/mol. The number of amides is 2. The number of carbonyl (C=O) groups excluding carboxylic acids is 1. The molecule has 1 fully saturated rings. The van der Waals surface area contributed by atoms with E-state index in [9.17, 15) is 14.7 Å². The van der Waals surface area contributed by atoms with E-state index in [4.69, 9.17) is 0 Å². The van der Waals surface area contributed by atoms with Crippen molar-refractivity contribution in [2.45, 2.75) is 52.6 Å². The van der Waals surface area contributed by atoms with Gasteiger partial charge in [-0.2, -0.15) is 0 Å². The van der Waals surface area contributed by atoms with Crippen LogP contribution in [0.3, 0.4) is 0 Å². The summed E-state index contributed by atoms with van der Waals surface area (Å²) in [5.74, 6) is -0.975. The first-order chi connectivity index (χ1) is 9.79. The third-order valence-corrected chi connectivity index (χ3v) is 4.51. The van der Waals surface area contributed by atoms with Crippen molar-refractivity contribution in [3.8, 4) is 0 Å². The maximum Gasteiger partial charge on any atom is 0.329 e. The van der Waals surface area contributed by atoms with Gasteiger partial charge in [0.1, 0.15) is 5.54 Å². The Morgan fingerprint density at radius 1 is 1.19 bits per heavy atom. The van der Waals surface area contributed by atoms with E-state index in [0.717, 1.165) is 19.5 Å². The van der Waals surface area contributed by atoms with Gasteiger partial charge in [0.25, 0.3) is 0 Å². The van der Waals surface area contributed by atoms with E-state index < -0.39 is 11.5 Å². The summed E-state index contributed by atoms with van der Waals surface area (Å²) in [4.78, 5) is 29.6. The standard InChI is InChI=1S/C15H29N3O3/c1-6-16(7-2)12-9-10-17(11-12)14(21)18(8-3)15(4,5)13(19)20/h12H,6-11H2,1-5H3,(H,19,20).